The fourth-order valence-electron chi connectivity index (χ4n) is 4.53. The Morgan fingerprint density at radius 2 is 0.889 bits per heavy atom. The first kappa shape index (κ1) is 38.8. The molecule has 0 aromatic heterocycles. The van der Waals surface area contributed by atoms with Crippen LogP contribution in [0.2, 0.25) is 20.1 Å². The Kier molecular flexibility index (Phi) is 16.7. The van der Waals surface area contributed by atoms with Crippen molar-refractivity contribution in [2.75, 3.05) is 22.9 Å². The van der Waals surface area contributed by atoms with E-state index in [4.69, 9.17) is 46.4 Å². The van der Waals surface area contributed by atoms with Gasteiger partial charge in [-0.15, -0.1) is 13.2 Å². The van der Waals surface area contributed by atoms with E-state index in [1.807, 2.05) is 34.1 Å². The number of carbonyl (C=O) groups is 2. The van der Waals surface area contributed by atoms with E-state index in [2.05, 4.69) is 13.2 Å². The number of halogens is 4. The molecule has 0 saturated carbocycles. The van der Waals surface area contributed by atoms with Crippen molar-refractivity contribution < 1.29 is 19.8 Å². The minimum atomic E-state index is -1.14. The normalized spacial score (nSPS) is 10.0. The van der Waals surface area contributed by atoms with Crippen LogP contribution < -0.4 is 20.0 Å². The summed E-state index contributed by atoms with van der Waals surface area (Å²) in [6.07, 6.45) is 3.03. The summed E-state index contributed by atoms with van der Waals surface area (Å²) in [7, 11) is 0. The van der Waals surface area contributed by atoms with Crippen LogP contribution in [0.1, 0.15) is 11.1 Å². The Morgan fingerprint density at radius 3 is 1.18 bits per heavy atom. The number of nitrogens with zero attached hydrogens (tertiary/aromatic N) is 2. The average molecular weight is 808 g/mol. The molecule has 6 nitrogen and oxygen atoms in total. The molecule has 0 unspecified atom stereocenters. The van der Waals surface area contributed by atoms with Gasteiger partial charge < -0.3 is 29.6 Å². The summed E-state index contributed by atoms with van der Waals surface area (Å²) in [5.74, 6) is -2.28. The molecule has 4 aromatic carbocycles. The standard InChI is InChI=1S/2C17H15Cl2NO2.Ba/c2*1-2-10-20(17-13(18)7-5-8-14(17)19)15-9-4-3-6-12(15)11-16(21)22;/h2*2-9H,1,10-11H2,(H,21,22);/q;;+2/p-2. The van der Waals surface area contributed by atoms with Crippen molar-refractivity contribution in [3.05, 3.63) is 141 Å². The van der Waals surface area contributed by atoms with E-state index in [1.54, 1.807) is 72.8 Å². The zero-order chi connectivity index (χ0) is 32.2. The molecule has 0 bridgehead atoms. The number of rotatable bonds is 12. The molecule has 0 radical (unpaired) electrons. The molecule has 0 fully saturated rings. The molecule has 45 heavy (non-hydrogen) atoms. The minimum absolute atomic E-state index is 0. The molecule has 0 aliphatic heterocycles. The number of anilines is 4. The molecule has 0 aliphatic carbocycles. The van der Waals surface area contributed by atoms with Gasteiger partial charge in [0.05, 0.1) is 31.5 Å². The second-order valence-electron chi connectivity index (χ2n) is 9.29. The van der Waals surface area contributed by atoms with Gasteiger partial charge in [-0.05, 0) is 47.5 Å². The predicted molar refractivity (Wildman–Crippen MR) is 183 cm³/mol. The first-order valence-electron chi connectivity index (χ1n) is 13.3. The third-order valence-electron chi connectivity index (χ3n) is 6.27. The van der Waals surface area contributed by atoms with E-state index in [0.29, 0.717) is 67.1 Å². The van der Waals surface area contributed by atoms with Crippen molar-refractivity contribution in [3.8, 4) is 0 Å². The van der Waals surface area contributed by atoms with Crippen LogP contribution in [-0.2, 0) is 22.4 Å². The molecule has 0 heterocycles. The maximum Gasteiger partial charge on any atom is 2.00 e. The second kappa shape index (κ2) is 19.3. The van der Waals surface area contributed by atoms with Crippen LogP contribution in [0.25, 0.3) is 0 Å². The zero-order valence-electron chi connectivity index (χ0n) is 24.2. The van der Waals surface area contributed by atoms with Crippen molar-refractivity contribution in [2.24, 2.45) is 0 Å². The molecular weight excluding hydrogens is 780 g/mol. The van der Waals surface area contributed by atoms with Crippen molar-refractivity contribution in [1.82, 2.24) is 0 Å². The molecule has 0 saturated heterocycles. The first-order chi connectivity index (χ1) is 21.1. The molecule has 0 aliphatic rings. The van der Waals surface area contributed by atoms with Crippen LogP contribution in [0.15, 0.2) is 110 Å². The Bertz CT molecular complexity index is 1490. The monoisotopic (exact) mass is 806 g/mol. The van der Waals surface area contributed by atoms with Gasteiger partial charge in [0.1, 0.15) is 0 Å². The summed E-state index contributed by atoms with van der Waals surface area (Å²) in [5, 5.41) is 23.9. The van der Waals surface area contributed by atoms with Crippen LogP contribution in [-0.4, -0.2) is 73.9 Å². The van der Waals surface area contributed by atoms with Crippen LogP contribution in [0.3, 0.4) is 0 Å². The third-order valence-corrected chi connectivity index (χ3v) is 7.49. The Morgan fingerprint density at radius 1 is 0.578 bits per heavy atom. The number of hydrogen-bond acceptors (Lipinski definition) is 6. The van der Waals surface area contributed by atoms with Gasteiger partial charge in [0, 0.05) is 49.2 Å². The molecule has 0 atom stereocenters. The quantitative estimate of drug-likeness (QED) is 0.115. The van der Waals surface area contributed by atoms with E-state index in [1.165, 1.54) is 0 Å². The van der Waals surface area contributed by atoms with E-state index in [9.17, 15) is 19.8 Å². The number of carboxylic acid groups (broad SMARTS) is 2. The summed E-state index contributed by atoms with van der Waals surface area (Å²) < 4.78 is 0. The maximum atomic E-state index is 11.0. The van der Waals surface area contributed by atoms with Crippen LogP contribution in [0.4, 0.5) is 22.7 Å². The fourth-order valence-corrected chi connectivity index (χ4v) is 5.73. The maximum absolute atomic E-state index is 11.0. The average Bonchev–Trinajstić information content (AvgIpc) is 2.96. The molecule has 228 valence electrons. The van der Waals surface area contributed by atoms with Gasteiger partial charge in [0.2, 0.25) is 0 Å². The van der Waals surface area contributed by atoms with E-state index in [-0.39, 0.29) is 61.7 Å². The van der Waals surface area contributed by atoms with Gasteiger partial charge in [0.15, 0.2) is 0 Å². The van der Waals surface area contributed by atoms with Gasteiger partial charge in [-0.1, -0.05) is 107 Å². The second-order valence-corrected chi connectivity index (χ2v) is 10.9. The predicted octanol–water partition coefficient (Wildman–Crippen LogP) is 6.84. The van der Waals surface area contributed by atoms with Gasteiger partial charge in [-0.3, -0.25) is 0 Å². The number of aliphatic carboxylic acids is 2. The summed E-state index contributed by atoms with van der Waals surface area (Å²) in [6, 6.07) is 24.8. The summed E-state index contributed by atoms with van der Waals surface area (Å²) in [5.41, 5.74) is 3.91. The van der Waals surface area contributed by atoms with Crippen LogP contribution in [0.5, 0.6) is 0 Å². The van der Waals surface area contributed by atoms with Crippen molar-refractivity contribution in [3.63, 3.8) is 0 Å². The van der Waals surface area contributed by atoms with Gasteiger partial charge in [-0.25, -0.2) is 0 Å². The number of benzene rings is 4. The topological polar surface area (TPSA) is 86.7 Å². The molecule has 4 aromatic rings. The van der Waals surface area contributed by atoms with Crippen molar-refractivity contribution >= 4 is 130 Å². The number of carboxylic acids is 2. The smallest absolute Gasteiger partial charge is 0.550 e. The Labute approximate surface area is 323 Å². The molecule has 11 heteroatoms. The number of para-hydroxylation sites is 4. The molecule has 0 amide bonds. The van der Waals surface area contributed by atoms with E-state index < -0.39 is 11.9 Å². The van der Waals surface area contributed by atoms with E-state index >= 15 is 0 Å². The molecular formula is C34H28BaCl4N2O4. The van der Waals surface area contributed by atoms with Gasteiger partial charge >= 0.3 is 48.9 Å². The largest absolute Gasteiger partial charge is 2.00 e. The van der Waals surface area contributed by atoms with Crippen molar-refractivity contribution in [1.29, 1.82) is 0 Å². The minimum Gasteiger partial charge on any atom is -0.550 e. The SMILES string of the molecule is C=CCN(c1ccccc1CC(=O)[O-])c1c(Cl)cccc1Cl.C=CCN(c1ccccc1CC(=O)[O-])c1c(Cl)cccc1Cl.[Ba+2]. The number of carbonyl (C=O) groups excluding carboxylic acids is 2. The first-order valence-corrected chi connectivity index (χ1v) is 14.8. The number of hydrogen-bond donors (Lipinski definition) is 0. The molecule has 0 spiro atoms. The molecule has 0 N–H and O–H groups in total. The summed E-state index contributed by atoms with van der Waals surface area (Å²) in [6.45, 7) is 8.37. The Hall–Kier alpha value is -2.37. The zero-order valence-corrected chi connectivity index (χ0v) is 31.7. The molecule has 4 rings (SSSR count). The third kappa shape index (κ3) is 10.8. The summed E-state index contributed by atoms with van der Waals surface area (Å²) >= 11 is 25.1. The van der Waals surface area contributed by atoms with Crippen LogP contribution >= 0.6 is 46.4 Å². The summed E-state index contributed by atoms with van der Waals surface area (Å²) in [4.78, 5) is 25.6. The van der Waals surface area contributed by atoms with E-state index in [0.717, 1.165) is 0 Å². The van der Waals surface area contributed by atoms with Crippen LogP contribution in [0, 0.1) is 0 Å². The fraction of sp³-hybridized carbons (Fsp3) is 0.118. The van der Waals surface area contributed by atoms with Gasteiger partial charge in [-0.2, -0.15) is 0 Å². The Balaban J connectivity index is 0.000000307. The van der Waals surface area contributed by atoms with Gasteiger partial charge in [0.25, 0.3) is 0 Å². The van der Waals surface area contributed by atoms with Crippen molar-refractivity contribution in [2.45, 2.75) is 12.8 Å².